The van der Waals surface area contributed by atoms with E-state index in [1.807, 2.05) is 18.2 Å². The Balaban J connectivity index is 1.70. The van der Waals surface area contributed by atoms with Crippen LogP contribution in [-0.2, 0) is 20.2 Å². The summed E-state index contributed by atoms with van der Waals surface area (Å²) < 4.78 is 34.0. The lowest BCUT2D eigenvalue weighted by Crippen LogP contribution is -2.40. The van der Waals surface area contributed by atoms with Gasteiger partial charge in [0.15, 0.2) is 0 Å². The predicted octanol–water partition coefficient (Wildman–Crippen LogP) is 5.61. The van der Waals surface area contributed by atoms with Crippen LogP contribution in [0.15, 0.2) is 41.8 Å². The second-order valence-electron chi connectivity index (χ2n) is 10.6. The monoisotopic (exact) mass is 478 g/mol. The van der Waals surface area contributed by atoms with E-state index >= 15 is 0 Å². The number of unbranched alkanes of at least 4 members (excludes halogenated alkanes) is 3. The number of rotatable bonds is 13. The van der Waals surface area contributed by atoms with Crippen molar-refractivity contribution >= 4 is 10.0 Å². The zero-order valence-corrected chi connectivity index (χ0v) is 22.4. The van der Waals surface area contributed by atoms with Crippen molar-refractivity contribution in [2.24, 2.45) is 0 Å². The van der Waals surface area contributed by atoms with Gasteiger partial charge in [-0.2, -0.15) is 4.31 Å². The number of sulfonamides is 1. The number of benzene rings is 1. The first-order valence-corrected chi connectivity index (χ1v) is 14.0. The zero-order valence-electron chi connectivity index (χ0n) is 21.6. The fourth-order valence-corrected chi connectivity index (χ4v) is 5.88. The molecule has 0 amide bonds. The molecule has 5 nitrogen and oxygen atoms in total. The van der Waals surface area contributed by atoms with E-state index in [9.17, 15) is 8.42 Å². The van der Waals surface area contributed by atoms with E-state index in [4.69, 9.17) is 4.74 Å². The molecule has 1 aromatic rings. The van der Waals surface area contributed by atoms with E-state index in [-0.39, 0.29) is 17.6 Å². The fourth-order valence-electron chi connectivity index (χ4n) is 4.46. The van der Waals surface area contributed by atoms with Crippen molar-refractivity contribution in [3.63, 3.8) is 0 Å². The lowest BCUT2D eigenvalue weighted by Gasteiger charge is -2.34. The van der Waals surface area contributed by atoms with Gasteiger partial charge in [-0.25, -0.2) is 8.42 Å². The highest BCUT2D eigenvalue weighted by molar-refractivity contribution is 7.89. The number of hydrogen-bond donors (Lipinski definition) is 0. The summed E-state index contributed by atoms with van der Waals surface area (Å²) in [7, 11) is 0.384. The summed E-state index contributed by atoms with van der Waals surface area (Å²) in [6.45, 7) is 13.1. The third kappa shape index (κ3) is 8.82. The van der Waals surface area contributed by atoms with E-state index in [1.54, 1.807) is 23.5 Å². The molecule has 0 N–H and O–H groups in total. The molecular formula is C27H46N2O3S. The minimum Gasteiger partial charge on any atom is -0.378 e. The highest BCUT2D eigenvalue weighted by atomic mass is 32.2. The molecule has 0 atom stereocenters. The van der Waals surface area contributed by atoms with Crippen molar-refractivity contribution < 1.29 is 13.2 Å². The molecule has 0 radical (unpaired) electrons. The summed E-state index contributed by atoms with van der Waals surface area (Å²) in [4.78, 5) is 2.67. The Bertz CT molecular complexity index is 807. The molecule has 6 heteroatoms. The third-order valence-corrected chi connectivity index (χ3v) is 8.71. The number of nitrogens with zero attached hydrogens (tertiary/aromatic N) is 2. The van der Waals surface area contributed by atoms with Crippen molar-refractivity contribution in [1.82, 2.24) is 9.21 Å². The van der Waals surface area contributed by atoms with Crippen LogP contribution in [-0.4, -0.2) is 63.6 Å². The Labute approximate surface area is 203 Å². The van der Waals surface area contributed by atoms with Crippen LogP contribution in [0.5, 0.6) is 0 Å². The Hall–Kier alpha value is -1.21. The van der Waals surface area contributed by atoms with Crippen LogP contribution in [0, 0.1) is 0 Å². The maximum Gasteiger partial charge on any atom is 0.243 e. The van der Waals surface area contributed by atoms with Gasteiger partial charge in [0.05, 0.1) is 11.0 Å². The molecule has 0 aromatic heterocycles. The smallest absolute Gasteiger partial charge is 0.243 e. The van der Waals surface area contributed by atoms with Crippen molar-refractivity contribution in [2.45, 2.75) is 94.6 Å². The van der Waals surface area contributed by atoms with Crippen molar-refractivity contribution in [1.29, 1.82) is 0 Å². The van der Waals surface area contributed by atoms with E-state index in [0.29, 0.717) is 4.90 Å². The molecule has 1 aliphatic carbocycles. The fraction of sp³-hybridized carbons (Fsp3) is 0.704. The first-order chi connectivity index (χ1) is 15.6. The second kappa shape index (κ2) is 13.0. The summed E-state index contributed by atoms with van der Waals surface area (Å²) in [6, 6.07) is 7.41. The van der Waals surface area contributed by atoms with Crippen LogP contribution in [0.1, 0.15) is 77.7 Å². The molecule has 1 fully saturated rings. The molecule has 1 saturated carbocycles. The van der Waals surface area contributed by atoms with Gasteiger partial charge in [-0.1, -0.05) is 51.8 Å². The average Bonchev–Trinajstić information content (AvgIpc) is 2.78. The van der Waals surface area contributed by atoms with E-state index < -0.39 is 10.0 Å². The number of likely N-dealkylation sites (N-methyl/N-ethyl adjacent to an activating group) is 1. The van der Waals surface area contributed by atoms with Gasteiger partial charge in [0.1, 0.15) is 0 Å². The van der Waals surface area contributed by atoms with E-state index in [2.05, 4.69) is 39.3 Å². The van der Waals surface area contributed by atoms with Gasteiger partial charge < -0.3 is 9.64 Å². The minimum atomic E-state index is -3.47. The van der Waals surface area contributed by atoms with Crippen molar-refractivity contribution in [3.8, 4) is 0 Å². The van der Waals surface area contributed by atoms with Crippen molar-refractivity contribution in [2.75, 3.05) is 33.8 Å². The van der Waals surface area contributed by atoms with Gasteiger partial charge in [-0.3, -0.25) is 0 Å². The molecule has 2 rings (SSSR count). The normalized spacial score (nSPS) is 19.8. The molecule has 0 heterocycles. The number of ether oxygens (including phenoxy) is 1. The van der Waals surface area contributed by atoms with Crippen LogP contribution >= 0.6 is 0 Å². The Morgan fingerprint density at radius 1 is 1.00 bits per heavy atom. The lowest BCUT2D eigenvalue weighted by atomic mass is 9.87. The molecular weight excluding hydrogens is 432 g/mol. The molecule has 1 aromatic carbocycles. The molecule has 0 spiro atoms. The Kier molecular flexibility index (Phi) is 11.1. The highest BCUT2D eigenvalue weighted by Crippen LogP contribution is 2.29. The Morgan fingerprint density at radius 2 is 1.61 bits per heavy atom. The van der Waals surface area contributed by atoms with Crippen LogP contribution in [0.3, 0.4) is 0 Å². The molecule has 188 valence electrons. The highest BCUT2D eigenvalue weighted by Gasteiger charge is 2.32. The van der Waals surface area contributed by atoms with E-state index in [0.717, 1.165) is 57.4 Å². The van der Waals surface area contributed by atoms with Crippen molar-refractivity contribution in [3.05, 3.63) is 42.5 Å². The lowest BCUT2D eigenvalue weighted by molar-refractivity contribution is 0.0156. The summed E-state index contributed by atoms with van der Waals surface area (Å²) in [5, 5.41) is 0. The third-order valence-electron chi connectivity index (χ3n) is 6.78. The molecule has 33 heavy (non-hydrogen) atoms. The average molecular weight is 479 g/mol. The SMILES string of the molecule is C=CCN(C)CCCCCCO[C@H]1CC[C@H](N(C)S(=O)(=O)c2ccc(C(C)(C)C)cc2)CC1. The molecule has 1 aliphatic rings. The van der Waals surface area contributed by atoms with Gasteiger partial charge in [-0.15, -0.1) is 6.58 Å². The van der Waals surface area contributed by atoms with Crippen LogP contribution in [0.4, 0.5) is 0 Å². The van der Waals surface area contributed by atoms with Crippen LogP contribution in [0.2, 0.25) is 0 Å². The summed E-state index contributed by atoms with van der Waals surface area (Å²) >= 11 is 0. The summed E-state index contributed by atoms with van der Waals surface area (Å²) in [6.07, 6.45) is 10.5. The quantitative estimate of drug-likeness (QED) is 0.273. The molecule has 0 unspecified atom stereocenters. The standard InChI is InChI=1S/C27H46N2O3S/c1-7-20-28(5)21-10-8-9-11-22-32-25-16-14-24(15-17-25)29(6)33(30,31)26-18-12-23(13-19-26)27(2,3)4/h7,12-13,18-19,24-25H,1,8-11,14-17,20-22H2,2-6H3/t24-,25-. The maximum atomic E-state index is 13.1. The van der Waals surface area contributed by atoms with Gasteiger partial charge in [0.25, 0.3) is 0 Å². The topological polar surface area (TPSA) is 49.9 Å². The maximum absolute atomic E-state index is 13.1. The molecule has 0 saturated heterocycles. The summed E-state index contributed by atoms with van der Waals surface area (Å²) in [5.41, 5.74) is 1.15. The van der Waals surface area contributed by atoms with Gasteiger partial charge in [0.2, 0.25) is 10.0 Å². The van der Waals surface area contributed by atoms with Gasteiger partial charge in [-0.05, 0) is 75.2 Å². The Morgan fingerprint density at radius 3 is 2.18 bits per heavy atom. The summed E-state index contributed by atoms with van der Waals surface area (Å²) in [5.74, 6) is 0. The first-order valence-electron chi connectivity index (χ1n) is 12.6. The second-order valence-corrected chi connectivity index (χ2v) is 12.6. The molecule has 0 aliphatic heterocycles. The zero-order chi connectivity index (χ0) is 24.5. The van der Waals surface area contributed by atoms with E-state index in [1.165, 1.54) is 19.3 Å². The predicted molar refractivity (Wildman–Crippen MR) is 138 cm³/mol. The van der Waals surface area contributed by atoms with Gasteiger partial charge >= 0.3 is 0 Å². The minimum absolute atomic E-state index is 0.00863. The number of hydrogen-bond acceptors (Lipinski definition) is 4. The van der Waals surface area contributed by atoms with Crippen LogP contribution < -0.4 is 0 Å². The first kappa shape index (κ1) is 28.0. The molecule has 0 bridgehead atoms. The largest absolute Gasteiger partial charge is 0.378 e. The van der Waals surface area contributed by atoms with Crippen LogP contribution in [0.25, 0.3) is 0 Å². The van der Waals surface area contributed by atoms with Gasteiger partial charge in [0, 0.05) is 26.2 Å².